The molecular formula is C14H21N7O. The minimum Gasteiger partial charge on any atom is -0.481 e. The lowest BCUT2D eigenvalue weighted by atomic mass is 10.1. The lowest BCUT2D eigenvalue weighted by Crippen LogP contribution is -2.40. The lowest BCUT2D eigenvalue weighted by Gasteiger charge is -2.32. The number of aromatic nitrogens is 5. The van der Waals surface area contributed by atoms with Gasteiger partial charge < -0.3 is 15.0 Å². The first-order valence-corrected chi connectivity index (χ1v) is 7.52. The minimum atomic E-state index is 0.443. The second-order valence-electron chi connectivity index (χ2n) is 5.33. The molecule has 0 saturated carbocycles. The van der Waals surface area contributed by atoms with Crippen molar-refractivity contribution >= 4 is 5.82 Å². The molecule has 0 spiro atoms. The van der Waals surface area contributed by atoms with Crippen molar-refractivity contribution in [3.8, 4) is 5.88 Å². The molecule has 1 aliphatic heterocycles. The summed E-state index contributed by atoms with van der Waals surface area (Å²) in [5.74, 6) is 1.41. The smallest absolute Gasteiger partial charge is 0.218 e. The van der Waals surface area contributed by atoms with Gasteiger partial charge in [0.1, 0.15) is 12.1 Å². The van der Waals surface area contributed by atoms with Crippen molar-refractivity contribution in [1.29, 1.82) is 0 Å². The second kappa shape index (κ2) is 7.17. The van der Waals surface area contributed by atoms with Gasteiger partial charge in [0.05, 0.1) is 26.0 Å². The summed E-state index contributed by atoms with van der Waals surface area (Å²) in [5, 5.41) is 11.7. The highest BCUT2D eigenvalue weighted by Gasteiger charge is 2.19. The van der Waals surface area contributed by atoms with Gasteiger partial charge in [0.25, 0.3) is 0 Å². The third kappa shape index (κ3) is 3.91. The van der Waals surface area contributed by atoms with E-state index >= 15 is 0 Å². The van der Waals surface area contributed by atoms with Crippen molar-refractivity contribution in [3.63, 3.8) is 0 Å². The number of ether oxygens (including phenoxy) is 1. The van der Waals surface area contributed by atoms with Crippen molar-refractivity contribution < 1.29 is 4.74 Å². The molecule has 0 radical (unpaired) electrons. The summed E-state index contributed by atoms with van der Waals surface area (Å²) in [6, 6.07) is 2.27. The number of nitrogens with zero attached hydrogens (tertiary/aromatic N) is 6. The van der Waals surface area contributed by atoms with Gasteiger partial charge in [0.15, 0.2) is 0 Å². The number of hydrogen-bond acceptors (Lipinski definition) is 7. The van der Waals surface area contributed by atoms with E-state index in [0.29, 0.717) is 11.9 Å². The SMILES string of the molecule is COc1cc(NC2CCN(CCn3nccn3)CC2)ncn1. The highest BCUT2D eigenvalue weighted by Crippen LogP contribution is 2.17. The van der Waals surface area contributed by atoms with Gasteiger partial charge in [0.2, 0.25) is 5.88 Å². The minimum absolute atomic E-state index is 0.443. The van der Waals surface area contributed by atoms with Crippen LogP contribution in [-0.4, -0.2) is 62.6 Å². The molecule has 2 aromatic rings. The Hall–Kier alpha value is -2.22. The summed E-state index contributed by atoms with van der Waals surface area (Å²) < 4.78 is 5.11. The molecule has 0 atom stereocenters. The summed E-state index contributed by atoms with van der Waals surface area (Å²) in [4.78, 5) is 12.4. The van der Waals surface area contributed by atoms with Crippen LogP contribution in [0.4, 0.5) is 5.82 Å². The molecule has 3 heterocycles. The number of likely N-dealkylation sites (tertiary alicyclic amines) is 1. The van der Waals surface area contributed by atoms with Crippen LogP contribution in [-0.2, 0) is 6.54 Å². The summed E-state index contributed by atoms with van der Waals surface area (Å²) in [6.45, 7) is 3.97. The van der Waals surface area contributed by atoms with Crippen LogP contribution >= 0.6 is 0 Å². The molecule has 0 amide bonds. The topological polar surface area (TPSA) is 81.0 Å². The van der Waals surface area contributed by atoms with Crippen LogP contribution in [0.5, 0.6) is 5.88 Å². The van der Waals surface area contributed by atoms with Crippen LogP contribution in [0.25, 0.3) is 0 Å². The first-order chi connectivity index (χ1) is 10.8. The van der Waals surface area contributed by atoms with E-state index in [1.165, 1.54) is 6.33 Å². The van der Waals surface area contributed by atoms with Crippen molar-refractivity contribution in [3.05, 3.63) is 24.8 Å². The van der Waals surface area contributed by atoms with Crippen LogP contribution in [0.1, 0.15) is 12.8 Å². The van der Waals surface area contributed by atoms with Crippen LogP contribution in [0, 0.1) is 0 Å². The fraction of sp³-hybridized carbons (Fsp3) is 0.571. The van der Waals surface area contributed by atoms with Crippen LogP contribution < -0.4 is 10.1 Å². The van der Waals surface area contributed by atoms with Crippen LogP contribution in [0.15, 0.2) is 24.8 Å². The Bertz CT molecular complexity index is 566. The van der Waals surface area contributed by atoms with E-state index in [4.69, 9.17) is 4.74 Å². The van der Waals surface area contributed by atoms with Gasteiger partial charge in [-0.15, -0.1) is 0 Å². The number of piperidine rings is 1. The van der Waals surface area contributed by atoms with E-state index < -0.39 is 0 Å². The van der Waals surface area contributed by atoms with Crippen LogP contribution in [0.2, 0.25) is 0 Å². The average molecular weight is 303 g/mol. The van der Waals surface area contributed by atoms with Crippen LogP contribution in [0.3, 0.4) is 0 Å². The van der Waals surface area contributed by atoms with Gasteiger partial charge in [-0.05, 0) is 12.8 Å². The normalized spacial score (nSPS) is 16.6. The maximum absolute atomic E-state index is 5.11. The van der Waals surface area contributed by atoms with Gasteiger partial charge in [0, 0.05) is 31.7 Å². The Morgan fingerprint density at radius 3 is 2.68 bits per heavy atom. The van der Waals surface area contributed by atoms with E-state index in [1.807, 2.05) is 6.07 Å². The predicted octanol–water partition coefficient (Wildman–Crippen LogP) is 0.653. The monoisotopic (exact) mass is 303 g/mol. The molecule has 118 valence electrons. The molecule has 0 bridgehead atoms. The fourth-order valence-electron chi connectivity index (χ4n) is 2.63. The van der Waals surface area contributed by atoms with Crippen molar-refractivity contribution in [2.24, 2.45) is 0 Å². The molecule has 0 unspecified atom stereocenters. The molecule has 1 saturated heterocycles. The van der Waals surface area contributed by atoms with E-state index in [1.54, 1.807) is 24.3 Å². The predicted molar refractivity (Wildman–Crippen MR) is 81.7 cm³/mol. The Balaban J connectivity index is 1.43. The van der Waals surface area contributed by atoms with E-state index in [-0.39, 0.29) is 0 Å². The molecular weight excluding hydrogens is 282 g/mol. The van der Waals surface area contributed by atoms with E-state index in [2.05, 4.69) is 30.4 Å². The van der Waals surface area contributed by atoms with Gasteiger partial charge in [-0.2, -0.15) is 15.0 Å². The van der Waals surface area contributed by atoms with E-state index in [9.17, 15) is 0 Å². The number of nitrogens with one attached hydrogen (secondary N) is 1. The summed E-state index contributed by atoms with van der Waals surface area (Å²) in [6.07, 6.45) is 7.14. The molecule has 0 aliphatic carbocycles. The zero-order chi connectivity index (χ0) is 15.2. The maximum Gasteiger partial charge on any atom is 0.218 e. The Labute approximate surface area is 129 Å². The van der Waals surface area contributed by atoms with Crippen molar-refractivity contribution in [1.82, 2.24) is 29.9 Å². The number of methoxy groups -OCH3 is 1. The molecule has 0 aromatic carbocycles. The maximum atomic E-state index is 5.11. The summed E-state index contributed by atoms with van der Waals surface area (Å²) in [5.41, 5.74) is 0. The van der Waals surface area contributed by atoms with Gasteiger partial charge in [-0.25, -0.2) is 9.97 Å². The number of hydrogen-bond donors (Lipinski definition) is 1. The molecule has 8 heteroatoms. The summed E-state index contributed by atoms with van der Waals surface area (Å²) >= 11 is 0. The third-order valence-electron chi connectivity index (χ3n) is 3.87. The molecule has 8 nitrogen and oxygen atoms in total. The standard InChI is InChI=1S/C14H21N7O/c1-22-14-10-13(15-11-16-14)19-12-2-6-20(7-3-12)8-9-21-17-4-5-18-21/h4-5,10-12H,2-3,6-9H2,1H3,(H,15,16,19). The van der Waals surface area contributed by atoms with Gasteiger partial charge in [-0.3, -0.25) is 0 Å². The van der Waals surface area contributed by atoms with E-state index in [0.717, 1.165) is 44.8 Å². The molecule has 3 rings (SSSR count). The number of rotatable bonds is 6. The first-order valence-electron chi connectivity index (χ1n) is 7.52. The highest BCUT2D eigenvalue weighted by atomic mass is 16.5. The van der Waals surface area contributed by atoms with Crippen molar-refractivity contribution in [2.45, 2.75) is 25.4 Å². The summed E-state index contributed by atoms with van der Waals surface area (Å²) in [7, 11) is 1.61. The molecule has 1 fully saturated rings. The van der Waals surface area contributed by atoms with Gasteiger partial charge in [-0.1, -0.05) is 0 Å². The zero-order valence-corrected chi connectivity index (χ0v) is 12.7. The number of anilines is 1. The molecule has 22 heavy (non-hydrogen) atoms. The lowest BCUT2D eigenvalue weighted by molar-refractivity contribution is 0.205. The molecule has 2 aromatic heterocycles. The largest absolute Gasteiger partial charge is 0.481 e. The average Bonchev–Trinajstić information content (AvgIpc) is 3.08. The third-order valence-corrected chi connectivity index (χ3v) is 3.87. The molecule has 1 aliphatic rings. The fourth-order valence-corrected chi connectivity index (χ4v) is 2.63. The second-order valence-corrected chi connectivity index (χ2v) is 5.33. The highest BCUT2D eigenvalue weighted by molar-refractivity contribution is 5.38. The Morgan fingerprint density at radius 1 is 1.18 bits per heavy atom. The Morgan fingerprint density at radius 2 is 1.95 bits per heavy atom. The Kier molecular flexibility index (Phi) is 4.79. The van der Waals surface area contributed by atoms with Gasteiger partial charge >= 0.3 is 0 Å². The quantitative estimate of drug-likeness (QED) is 0.839. The first kappa shape index (κ1) is 14.7. The molecule has 1 N–H and O–H groups in total. The van der Waals surface area contributed by atoms with Crippen molar-refractivity contribution in [2.75, 3.05) is 32.1 Å². The zero-order valence-electron chi connectivity index (χ0n) is 12.7.